The Labute approximate surface area is 332 Å². The van der Waals surface area contributed by atoms with Crippen molar-refractivity contribution >= 4 is 17.9 Å². The van der Waals surface area contributed by atoms with E-state index in [0.29, 0.717) is 24.5 Å². The Morgan fingerprint density at radius 1 is 0.875 bits per heavy atom. The Kier molecular flexibility index (Phi) is 16.3. The molecule has 1 heterocycles. The number of aliphatic hydroxyl groups is 1. The lowest BCUT2D eigenvalue weighted by Crippen LogP contribution is -2.58. The monoisotopic (exact) mass is 761 g/mol. The third-order valence-corrected chi connectivity index (χ3v) is 11.0. The fourth-order valence-electron chi connectivity index (χ4n) is 7.62. The van der Waals surface area contributed by atoms with Gasteiger partial charge in [0.1, 0.15) is 18.7 Å². The first-order valence-electron chi connectivity index (χ1n) is 20.1. The number of ether oxygens (including phenoxy) is 1. The van der Waals surface area contributed by atoms with Crippen molar-refractivity contribution < 1.29 is 24.2 Å². The van der Waals surface area contributed by atoms with Crippen molar-refractivity contribution in [2.75, 3.05) is 0 Å². The number of amides is 3. The molecule has 0 spiro atoms. The largest absolute Gasteiger partial charge is 0.445 e. The van der Waals surface area contributed by atoms with E-state index in [4.69, 9.17) is 4.74 Å². The summed E-state index contributed by atoms with van der Waals surface area (Å²) in [7, 11) is 0. The smallest absolute Gasteiger partial charge is 0.411 e. The number of aromatic amines is 1. The van der Waals surface area contributed by atoms with E-state index in [2.05, 4.69) is 41.0 Å². The van der Waals surface area contributed by atoms with E-state index in [-0.39, 0.29) is 37.8 Å². The number of benzene rings is 3. The summed E-state index contributed by atoms with van der Waals surface area (Å²) in [4.78, 5) is 52.1. The van der Waals surface area contributed by atoms with Crippen molar-refractivity contribution in [2.24, 2.45) is 17.8 Å². The standard InChI is InChI=1S/C46H59N5O5/c1-4-38(33(2)3)27-43(52)40(25-34-17-9-5-10-18-34)49-44(53)41(28-39-29-47-32-48-39)50-45(54)42(26-35-19-11-6-12-20-35)51(30-36-21-13-7-14-22-36)46(55)56-31-37-23-15-8-16-24-37/h4,6-8,11-16,19-24,29,32-34,38,40-43,52H,1,5,9-10,17-18,25-28,30-31H2,2-3H3,(H,47,48)(H,49,53)(H,50,54)/t38-,40-,41-,42-,43+/m0/s1. The van der Waals surface area contributed by atoms with Crippen LogP contribution < -0.4 is 10.6 Å². The van der Waals surface area contributed by atoms with Crippen LogP contribution in [0.4, 0.5) is 4.79 Å². The molecule has 3 amide bonds. The second kappa shape index (κ2) is 21.8. The molecule has 10 nitrogen and oxygen atoms in total. The SMILES string of the molecule is C=C[C@@H](C[C@@H](O)[C@H](CC1CCCCC1)NC(=O)[C@H](Cc1c[nH]cn1)NC(=O)[C@H](Cc1ccccc1)N(Cc1ccccc1)C(=O)OCc1ccccc1)C(C)C. The maximum Gasteiger partial charge on any atom is 0.411 e. The van der Waals surface area contributed by atoms with Gasteiger partial charge in [-0.2, -0.15) is 0 Å². The number of allylic oxidation sites excluding steroid dienone is 1. The number of hydrogen-bond acceptors (Lipinski definition) is 6. The van der Waals surface area contributed by atoms with Crippen molar-refractivity contribution in [3.8, 4) is 0 Å². The minimum atomic E-state index is -1.05. The molecule has 1 aliphatic carbocycles. The molecule has 0 aliphatic heterocycles. The first-order chi connectivity index (χ1) is 27.2. The second-order valence-electron chi connectivity index (χ2n) is 15.5. The van der Waals surface area contributed by atoms with E-state index in [9.17, 15) is 19.5 Å². The molecule has 3 aromatic carbocycles. The number of nitrogens with one attached hydrogen (secondary N) is 3. The van der Waals surface area contributed by atoms with Gasteiger partial charge in [0, 0.05) is 25.6 Å². The van der Waals surface area contributed by atoms with E-state index in [0.717, 1.165) is 42.4 Å². The van der Waals surface area contributed by atoms with Gasteiger partial charge in [0.25, 0.3) is 0 Å². The molecule has 4 N–H and O–H groups in total. The number of carbonyl (C=O) groups excluding carboxylic acids is 3. The number of nitrogens with zero attached hydrogens (tertiary/aromatic N) is 2. The summed E-state index contributed by atoms with van der Waals surface area (Å²) in [5.41, 5.74) is 3.06. The van der Waals surface area contributed by atoms with Gasteiger partial charge in [-0.05, 0) is 47.3 Å². The maximum absolute atomic E-state index is 14.8. The summed E-state index contributed by atoms with van der Waals surface area (Å²) in [5.74, 6) is -0.187. The zero-order chi connectivity index (χ0) is 39.7. The molecule has 4 aromatic rings. The third-order valence-electron chi connectivity index (χ3n) is 11.0. The van der Waals surface area contributed by atoms with Crippen LogP contribution in [0.15, 0.2) is 116 Å². The summed E-state index contributed by atoms with van der Waals surface area (Å²) in [5, 5.41) is 17.9. The van der Waals surface area contributed by atoms with Crippen LogP contribution in [0.3, 0.4) is 0 Å². The number of hydrogen-bond donors (Lipinski definition) is 4. The number of carbonyl (C=O) groups is 3. The lowest BCUT2D eigenvalue weighted by molar-refractivity contribution is -0.132. The summed E-state index contributed by atoms with van der Waals surface area (Å²) in [6.07, 6.45) is 10.6. The molecule has 5 atom stereocenters. The van der Waals surface area contributed by atoms with Crippen LogP contribution in [-0.4, -0.2) is 62.1 Å². The maximum atomic E-state index is 14.8. The van der Waals surface area contributed by atoms with E-state index in [1.54, 1.807) is 6.20 Å². The highest BCUT2D eigenvalue weighted by molar-refractivity contribution is 5.91. The summed E-state index contributed by atoms with van der Waals surface area (Å²) < 4.78 is 5.86. The van der Waals surface area contributed by atoms with Crippen LogP contribution in [0.25, 0.3) is 0 Å². The quantitative estimate of drug-likeness (QED) is 0.0687. The summed E-state index contributed by atoms with van der Waals surface area (Å²) >= 11 is 0. The highest BCUT2D eigenvalue weighted by atomic mass is 16.6. The van der Waals surface area contributed by atoms with E-state index in [1.165, 1.54) is 17.6 Å². The molecule has 0 radical (unpaired) electrons. The van der Waals surface area contributed by atoms with Gasteiger partial charge in [-0.15, -0.1) is 6.58 Å². The van der Waals surface area contributed by atoms with Crippen molar-refractivity contribution in [2.45, 2.75) is 109 Å². The molecular formula is C46H59N5O5. The van der Waals surface area contributed by atoms with Crippen LogP contribution in [0, 0.1) is 17.8 Å². The molecule has 5 rings (SSSR count). The minimum absolute atomic E-state index is 0.0308. The predicted octanol–water partition coefficient (Wildman–Crippen LogP) is 7.55. The van der Waals surface area contributed by atoms with Gasteiger partial charge in [-0.3, -0.25) is 14.5 Å². The van der Waals surface area contributed by atoms with Crippen LogP contribution >= 0.6 is 0 Å². The predicted molar refractivity (Wildman–Crippen MR) is 219 cm³/mol. The van der Waals surface area contributed by atoms with Gasteiger partial charge in [-0.25, -0.2) is 9.78 Å². The number of rotatable bonds is 20. The van der Waals surface area contributed by atoms with Gasteiger partial charge in [0.2, 0.25) is 11.8 Å². The molecule has 0 unspecified atom stereocenters. The van der Waals surface area contributed by atoms with Crippen molar-refractivity contribution in [3.63, 3.8) is 0 Å². The summed E-state index contributed by atoms with van der Waals surface area (Å²) in [6.45, 7) is 8.35. The number of aromatic nitrogens is 2. The fraction of sp³-hybridized carbons (Fsp3) is 0.435. The van der Waals surface area contributed by atoms with Crippen LogP contribution in [0.1, 0.15) is 81.2 Å². The Bertz CT molecular complexity index is 1760. The Morgan fingerprint density at radius 2 is 1.50 bits per heavy atom. The number of aliphatic hydroxyl groups excluding tert-OH is 1. The molecule has 10 heteroatoms. The van der Waals surface area contributed by atoms with Crippen LogP contribution in [-0.2, 0) is 40.3 Å². The van der Waals surface area contributed by atoms with Crippen LogP contribution in [0.5, 0.6) is 0 Å². The van der Waals surface area contributed by atoms with Crippen molar-refractivity contribution in [1.29, 1.82) is 0 Å². The van der Waals surface area contributed by atoms with E-state index < -0.39 is 42.1 Å². The lowest BCUT2D eigenvalue weighted by Gasteiger charge is -2.34. The van der Waals surface area contributed by atoms with E-state index >= 15 is 0 Å². The van der Waals surface area contributed by atoms with E-state index in [1.807, 2.05) is 97.1 Å². The molecule has 0 saturated heterocycles. The molecular weight excluding hydrogens is 703 g/mol. The fourth-order valence-corrected chi connectivity index (χ4v) is 7.62. The minimum Gasteiger partial charge on any atom is -0.445 e. The third kappa shape index (κ3) is 12.9. The Morgan fingerprint density at radius 3 is 2.09 bits per heavy atom. The van der Waals surface area contributed by atoms with Crippen molar-refractivity contribution in [1.82, 2.24) is 25.5 Å². The molecule has 1 aromatic heterocycles. The summed E-state index contributed by atoms with van der Waals surface area (Å²) in [6, 6.07) is 25.7. The highest BCUT2D eigenvalue weighted by Gasteiger charge is 2.36. The van der Waals surface area contributed by atoms with Gasteiger partial charge in [-0.1, -0.05) is 143 Å². The topological polar surface area (TPSA) is 137 Å². The Balaban J connectivity index is 1.44. The van der Waals surface area contributed by atoms with Crippen LogP contribution in [0.2, 0.25) is 0 Å². The first-order valence-corrected chi connectivity index (χ1v) is 20.1. The molecule has 1 saturated carbocycles. The van der Waals surface area contributed by atoms with Gasteiger partial charge < -0.3 is 25.5 Å². The zero-order valence-corrected chi connectivity index (χ0v) is 32.9. The number of H-pyrrole nitrogens is 1. The molecule has 0 bridgehead atoms. The number of imidazole rings is 1. The highest BCUT2D eigenvalue weighted by Crippen LogP contribution is 2.30. The van der Waals surface area contributed by atoms with Crippen molar-refractivity contribution in [3.05, 3.63) is 139 Å². The second-order valence-corrected chi connectivity index (χ2v) is 15.5. The normalized spacial score (nSPS) is 15.9. The average molecular weight is 762 g/mol. The van der Waals surface area contributed by atoms with Gasteiger partial charge >= 0.3 is 6.09 Å². The van der Waals surface area contributed by atoms with Gasteiger partial charge in [0.05, 0.1) is 24.2 Å². The Hall–Kier alpha value is -5.22. The molecule has 56 heavy (non-hydrogen) atoms. The average Bonchev–Trinajstić information content (AvgIpc) is 3.74. The van der Waals surface area contributed by atoms with Gasteiger partial charge in [0.15, 0.2) is 0 Å². The lowest BCUT2D eigenvalue weighted by atomic mass is 9.81. The zero-order valence-electron chi connectivity index (χ0n) is 32.9. The molecule has 1 aliphatic rings. The molecule has 298 valence electrons. The first kappa shape index (κ1) is 41.9. The molecule has 1 fully saturated rings.